The predicted molar refractivity (Wildman–Crippen MR) is 35.5 cm³/mol. The molecule has 0 heterocycles. The van der Waals surface area contributed by atoms with E-state index in [-0.39, 0.29) is 36.2 Å². The molecule has 0 bridgehead atoms. The van der Waals surface area contributed by atoms with Crippen molar-refractivity contribution in [1.82, 2.24) is 0 Å². The van der Waals surface area contributed by atoms with Crippen LogP contribution in [0.5, 0.6) is 0 Å². The summed E-state index contributed by atoms with van der Waals surface area (Å²) in [5, 5.41) is 0. The first kappa shape index (κ1) is 19.3. The van der Waals surface area contributed by atoms with Crippen molar-refractivity contribution < 1.29 is 64.2 Å². The average molecular weight is 246 g/mol. The van der Waals surface area contributed by atoms with Gasteiger partial charge in [0.05, 0.1) is 6.61 Å². The van der Waals surface area contributed by atoms with E-state index in [0.717, 1.165) is 0 Å². The molecular formula is C2H7NaO8S2. The van der Waals surface area contributed by atoms with Gasteiger partial charge in [0, 0.05) is 0 Å². The molecule has 0 radical (unpaired) electrons. The van der Waals surface area contributed by atoms with E-state index in [1.165, 1.54) is 6.92 Å². The first-order valence-corrected chi connectivity index (χ1v) is 5.09. The third-order valence-corrected chi connectivity index (χ3v) is 0.800. The Labute approximate surface area is 98.1 Å². The first-order chi connectivity index (χ1) is 5.06. The van der Waals surface area contributed by atoms with Gasteiger partial charge in [-0.1, -0.05) is 0 Å². The fraction of sp³-hybridized carbons (Fsp3) is 1.00. The summed E-state index contributed by atoms with van der Waals surface area (Å²) < 4.78 is 63.5. The van der Waals surface area contributed by atoms with Crippen molar-refractivity contribution >= 4 is 20.8 Å². The van der Waals surface area contributed by atoms with Gasteiger partial charge in [0.2, 0.25) is 10.4 Å². The minimum Gasteiger partial charge on any atom is -0.726 e. The van der Waals surface area contributed by atoms with Crippen molar-refractivity contribution in [3.8, 4) is 0 Å². The maximum Gasteiger partial charge on any atom is 1.00 e. The summed E-state index contributed by atoms with van der Waals surface area (Å²) in [7, 11) is -9.09. The van der Waals surface area contributed by atoms with Crippen LogP contribution in [0.4, 0.5) is 0 Å². The second-order valence-electron chi connectivity index (χ2n) is 1.26. The maximum absolute atomic E-state index is 9.56. The van der Waals surface area contributed by atoms with Crippen LogP contribution in [0.3, 0.4) is 0 Å². The molecule has 0 aromatic rings. The Hall–Kier alpha value is 0.740. The second kappa shape index (κ2) is 8.08. The minimum atomic E-state index is -4.92. The molecule has 11 heteroatoms. The Morgan fingerprint density at radius 2 is 1.46 bits per heavy atom. The summed E-state index contributed by atoms with van der Waals surface area (Å²) in [6, 6.07) is 0. The van der Waals surface area contributed by atoms with Crippen molar-refractivity contribution in [2.45, 2.75) is 6.92 Å². The van der Waals surface area contributed by atoms with Gasteiger partial charge in [-0.3, -0.25) is 9.11 Å². The van der Waals surface area contributed by atoms with Crippen LogP contribution in [-0.4, -0.2) is 37.1 Å². The van der Waals surface area contributed by atoms with Crippen molar-refractivity contribution in [1.29, 1.82) is 0 Å². The molecule has 0 atom stereocenters. The van der Waals surface area contributed by atoms with Crippen molar-refractivity contribution in [2.75, 3.05) is 6.61 Å². The van der Waals surface area contributed by atoms with Gasteiger partial charge < -0.3 is 4.55 Å². The quantitative estimate of drug-likeness (QED) is 0.284. The van der Waals surface area contributed by atoms with Gasteiger partial charge in [-0.15, -0.1) is 0 Å². The van der Waals surface area contributed by atoms with Gasteiger partial charge in [0.15, 0.2) is 0 Å². The number of hydrogen-bond donors (Lipinski definition) is 2. The summed E-state index contributed by atoms with van der Waals surface area (Å²) >= 11 is 0. The summed E-state index contributed by atoms with van der Waals surface area (Å²) in [6.45, 7) is 1.44. The van der Waals surface area contributed by atoms with Crippen LogP contribution in [0.2, 0.25) is 0 Å². The zero-order valence-electron chi connectivity index (χ0n) is 6.87. The molecular weight excluding hydrogens is 239 g/mol. The molecule has 13 heavy (non-hydrogen) atoms. The third-order valence-electron chi connectivity index (χ3n) is 0.267. The fourth-order valence-electron chi connectivity index (χ4n) is 0.149. The molecule has 76 valence electrons. The molecule has 0 aliphatic rings. The predicted octanol–water partition coefficient (Wildman–Crippen LogP) is -4.17. The smallest absolute Gasteiger partial charge is 0.726 e. The Morgan fingerprint density at radius 1 is 1.23 bits per heavy atom. The van der Waals surface area contributed by atoms with Crippen LogP contribution in [-0.2, 0) is 25.0 Å². The largest absolute Gasteiger partial charge is 1.00 e. The van der Waals surface area contributed by atoms with Crippen LogP contribution in [0.25, 0.3) is 0 Å². The topological polar surface area (TPSA) is 141 Å². The monoisotopic (exact) mass is 246 g/mol. The van der Waals surface area contributed by atoms with Gasteiger partial charge in [-0.2, -0.15) is 8.42 Å². The molecule has 0 aromatic heterocycles. The van der Waals surface area contributed by atoms with E-state index < -0.39 is 20.8 Å². The summed E-state index contributed by atoms with van der Waals surface area (Å²) in [6.07, 6.45) is 0. The van der Waals surface area contributed by atoms with Crippen LogP contribution >= 0.6 is 0 Å². The molecule has 0 fully saturated rings. The van der Waals surface area contributed by atoms with E-state index in [1.807, 2.05) is 0 Å². The van der Waals surface area contributed by atoms with Gasteiger partial charge in [-0.25, -0.2) is 12.6 Å². The van der Waals surface area contributed by atoms with Crippen LogP contribution < -0.4 is 29.6 Å². The Kier molecular flexibility index (Phi) is 12.0. The van der Waals surface area contributed by atoms with Gasteiger partial charge in [0.25, 0.3) is 0 Å². The zero-order valence-corrected chi connectivity index (χ0v) is 10.5. The van der Waals surface area contributed by atoms with Crippen molar-refractivity contribution in [3.63, 3.8) is 0 Å². The molecule has 0 aromatic carbocycles. The SMILES string of the molecule is CCOS(=O)(=O)O.O=S(=O)([O-])O.[Na+]. The molecule has 8 nitrogen and oxygen atoms in total. The molecule has 0 aliphatic carbocycles. The van der Waals surface area contributed by atoms with Gasteiger partial charge >= 0.3 is 40.0 Å². The Morgan fingerprint density at radius 3 is 1.46 bits per heavy atom. The molecule has 0 saturated heterocycles. The van der Waals surface area contributed by atoms with E-state index in [0.29, 0.717) is 0 Å². The van der Waals surface area contributed by atoms with Crippen molar-refractivity contribution in [3.05, 3.63) is 0 Å². The van der Waals surface area contributed by atoms with E-state index >= 15 is 0 Å². The summed E-state index contributed by atoms with van der Waals surface area (Å²) in [5.41, 5.74) is 0. The second-order valence-corrected chi connectivity index (χ2v) is 3.21. The molecule has 0 unspecified atom stereocenters. The van der Waals surface area contributed by atoms with E-state index in [9.17, 15) is 8.42 Å². The first-order valence-electron chi connectivity index (χ1n) is 2.36. The minimum absolute atomic E-state index is 0. The standard InChI is InChI=1S/C2H6O4S.Na.H2O4S/c1-2-6-7(3,4)5;;1-5(2,3)4/h2H2,1H3,(H,3,4,5);;(H2,1,2,3,4)/q;+1;/p-1. The van der Waals surface area contributed by atoms with Crippen LogP contribution in [0, 0.1) is 0 Å². The van der Waals surface area contributed by atoms with Crippen LogP contribution in [0.15, 0.2) is 0 Å². The summed E-state index contributed by atoms with van der Waals surface area (Å²) in [4.78, 5) is 0. The van der Waals surface area contributed by atoms with Crippen LogP contribution in [0.1, 0.15) is 6.92 Å². The number of rotatable bonds is 2. The molecule has 2 N–H and O–H groups in total. The van der Waals surface area contributed by atoms with E-state index in [2.05, 4.69) is 4.18 Å². The Bertz CT molecular complexity index is 280. The van der Waals surface area contributed by atoms with Gasteiger partial charge in [-0.05, 0) is 6.92 Å². The van der Waals surface area contributed by atoms with Crippen molar-refractivity contribution in [2.24, 2.45) is 0 Å². The number of hydrogen-bond acceptors (Lipinski definition) is 6. The Balaban J connectivity index is -0.000000150. The molecule has 0 rings (SSSR count). The molecule has 0 amide bonds. The van der Waals surface area contributed by atoms with Gasteiger partial charge in [0.1, 0.15) is 0 Å². The maximum atomic E-state index is 9.56. The van der Waals surface area contributed by atoms with E-state index in [1.54, 1.807) is 0 Å². The normalized spacial score (nSPS) is 10.8. The molecule has 0 saturated carbocycles. The average Bonchev–Trinajstić information content (AvgIpc) is 1.54. The summed E-state index contributed by atoms with van der Waals surface area (Å²) in [5.74, 6) is 0. The fourth-order valence-corrected chi connectivity index (χ4v) is 0.447. The van der Waals surface area contributed by atoms with E-state index in [4.69, 9.17) is 22.1 Å². The zero-order chi connectivity index (χ0) is 10.4. The third kappa shape index (κ3) is 65.4. The molecule has 0 spiro atoms. The molecule has 0 aliphatic heterocycles.